The van der Waals surface area contributed by atoms with Crippen molar-refractivity contribution in [3.8, 4) is 11.5 Å². The Bertz CT molecular complexity index is 745. The van der Waals surface area contributed by atoms with E-state index in [1.807, 2.05) is 29.9 Å². The monoisotopic (exact) mass is 346 g/mol. The van der Waals surface area contributed by atoms with Crippen LogP contribution >= 0.6 is 0 Å². The molecule has 0 spiro atoms. The maximum atomic E-state index is 12.4. The number of nitrogens with one attached hydrogen (secondary N) is 1. The Balaban J connectivity index is 1.54. The Kier molecular flexibility index (Phi) is 5.18. The Labute approximate surface area is 145 Å². The smallest absolute Gasteiger partial charge is 0.276 e. The second kappa shape index (κ2) is 7.52. The van der Waals surface area contributed by atoms with E-state index < -0.39 is 0 Å². The van der Waals surface area contributed by atoms with Crippen LogP contribution in [0, 0.1) is 0 Å². The minimum absolute atomic E-state index is 0.0437. The van der Waals surface area contributed by atoms with Gasteiger partial charge in [-0.15, -0.1) is 0 Å². The zero-order chi connectivity index (χ0) is 17.8. The number of aryl methyl sites for hydroxylation is 1. The molecule has 1 saturated heterocycles. The van der Waals surface area contributed by atoms with Crippen LogP contribution < -0.4 is 5.32 Å². The first-order valence-corrected chi connectivity index (χ1v) is 8.27. The van der Waals surface area contributed by atoms with Crippen LogP contribution in [0.2, 0.25) is 0 Å². The van der Waals surface area contributed by atoms with Crippen LogP contribution in [0.3, 0.4) is 0 Å². The van der Waals surface area contributed by atoms with Gasteiger partial charge in [-0.1, -0.05) is 5.16 Å². The molecule has 8 nitrogen and oxygen atoms in total. The molecule has 134 valence electrons. The minimum Gasteiger partial charge on any atom is -0.376 e. The normalized spacial score (nSPS) is 16.8. The van der Waals surface area contributed by atoms with E-state index in [1.165, 1.54) is 4.90 Å². The van der Waals surface area contributed by atoms with E-state index >= 15 is 0 Å². The van der Waals surface area contributed by atoms with Gasteiger partial charge in [-0.2, -0.15) is 0 Å². The highest BCUT2D eigenvalue weighted by Crippen LogP contribution is 2.20. The van der Waals surface area contributed by atoms with Gasteiger partial charge in [-0.3, -0.25) is 9.59 Å². The molecule has 0 aliphatic carbocycles. The lowest BCUT2D eigenvalue weighted by Gasteiger charge is -2.16. The fourth-order valence-corrected chi connectivity index (χ4v) is 2.79. The molecular formula is C17H22N4O4. The Morgan fingerprint density at radius 3 is 3.00 bits per heavy atom. The highest BCUT2D eigenvalue weighted by atomic mass is 16.5. The van der Waals surface area contributed by atoms with E-state index in [9.17, 15) is 9.59 Å². The van der Waals surface area contributed by atoms with Gasteiger partial charge in [-0.25, -0.2) is 0 Å². The summed E-state index contributed by atoms with van der Waals surface area (Å²) in [6, 6.07) is 5.33. The fourth-order valence-electron chi connectivity index (χ4n) is 2.79. The molecule has 1 fully saturated rings. The molecule has 8 heteroatoms. The zero-order valence-corrected chi connectivity index (χ0v) is 14.4. The summed E-state index contributed by atoms with van der Waals surface area (Å²) in [7, 11) is 3.44. The number of hydrogen-bond donors (Lipinski definition) is 1. The molecule has 0 saturated carbocycles. The lowest BCUT2D eigenvalue weighted by Crippen LogP contribution is -2.41. The van der Waals surface area contributed by atoms with Gasteiger partial charge < -0.3 is 24.0 Å². The molecule has 1 aliphatic rings. The summed E-state index contributed by atoms with van der Waals surface area (Å²) in [5.74, 6) is -0.0823. The fraction of sp³-hybridized carbons (Fsp3) is 0.471. The number of nitrogens with zero attached hydrogens (tertiary/aromatic N) is 3. The molecule has 2 aromatic rings. The van der Waals surface area contributed by atoms with E-state index in [1.54, 1.807) is 13.1 Å². The van der Waals surface area contributed by atoms with Gasteiger partial charge in [0.25, 0.3) is 5.91 Å². The van der Waals surface area contributed by atoms with Crippen molar-refractivity contribution in [1.29, 1.82) is 0 Å². The molecule has 1 aliphatic heterocycles. The molecule has 2 aromatic heterocycles. The molecular weight excluding hydrogens is 324 g/mol. The Hall–Kier alpha value is -2.61. The van der Waals surface area contributed by atoms with Crippen LogP contribution in [-0.4, -0.2) is 59.3 Å². The Morgan fingerprint density at radius 2 is 2.32 bits per heavy atom. The van der Waals surface area contributed by atoms with Crippen LogP contribution in [0.15, 0.2) is 28.9 Å². The highest BCUT2D eigenvalue weighted by Gasteiger charge is 2.21. The van der Waals surface area contributed by atoms with Crippen molar-refractivity contribution in [3.63, 3.8) is 0 Å². The van der Waals surface area contributed by atoms with Crippen molar-refractivity contribution in [2.75, 3.05) is 26.7 Å². The van der Waals surface area contributed by atoms with E-state index in [2.05, 4.69) is 10.5 Å². The third-order valence-corrected chi connectivity index (χ3v) is 4.20. The van der Waals surface area contributed by atoms with Crippen LogP contribution in [0.5, 0.6) is 0 Å². The van der Waals surface area contributed by atoms with Crippen molar-refractivity contribution in [2.45, 2.75) is 18.9 Å². The van der Waals surface area contributed by atoms with Gasteiger partial charge in [-0.05, 0) is 25.0 Å². The molecule has 3 rings (SSSR count). The summed E-state index contributed by atoms with van der Waals surface area (Å²) in [5.41, 5.74) is 0.995. The molecule has 1 atom stereocenters. The van der Waals surface area contributed by atoms with Crippen LogP contribution in [0.1, 0.15) is 23.3 Å². The molecule has 0 bridgehead atoms. The lowest BCUT2D eigenvalue weighted by molar-refractivity contribution is -0.122. The summed E-state index contributed by atoms with van der Waals surface area (Å²) in [6.45, 7) is 1.18. The van der Waals surface area contributed by atoms with Gasteiger partial charge in [0.1, 0.15) is 0 Å². The lowest BCUT2D eigenvalue weighted by atomic mass is 10.2. The average Bonchev–Trinajstić information content (AvgIpc) is 3.33. The van der Waals surface area contributed by atoms with E-state index in [0.29, 0.717) is 12.3 Å². The van der Waals surface area contributed by atoms with E-state index in [4.69, 9.17) is 9.26 Å². The number of aromatic nitrogens is 2. The number of rotatable bonds is 6. The maximum Gasteiger partial charge on any atom is 0.276 e. The predicted octanol–water partition coefficient (Wildman–Crippen LogP) is 1.05. The second-order valence-corrected chi connectivity index (χ2v) is 6.18. The zero-order valence-electron chi connectivity index (χ0n) is 14.4. The Morgan fingerprint density at radius 1 is 1.48 bits per heavy atom. The summed E-state index contributed by atoms with van der Waals surface area (Å²) >= 11 is 0. The van der Waals surface area contributed by atoms with Crippen molar-refractivity contribution < 1.29 is 18.8 Å². The molecule has 3 heterocycles. The second-order valence-electron chi connectivity index (χ2n) is 6.18. The predicted molar refractivity (Wildman–Crippen MR) is 89.9 cm³/mol. The number of hydrogen-bond acceptors (Lipinski definition) is 5. The summed E-state index contributed by atoms with van der Waals surface area (Å²) in [4.78, 5) is 25.7. The first-order valence-electron chi connectivity index (χ1n) is 8.27. The standard InChI is InChI=1S/C17H22N4O4/c1-20-7-3-6-14(20)15-9-13(19-25-15)17(23)21(2)11-16(22)18-10-12-5-4-8-24-12/h3,6-7,9,12H,4-5,8,10-11H2,1-2H3,(H,18,22). The molecule has 0 radical (unpaired) electrons. The molecule has 2 amide bonds. The third kappa shape index (κ3) is 4.08. The van der Waals surface area contributed by atoms with Gasteiger partial charge in [0.05, 0.1) is 18.3 Å². The molecule has 1 unspecified atom stereocenters. The first-order chi connectivity index (χ1) is 12.0. The first kappa shape index (κ1) is 17.2. The summed E-state index contributed by atoms with van der Waals surface area (Å²) < 4.78 is 12.6. The molecule has 1 N–H and O–H groups in total. The molecule has 0 aromatic carbocycles. The number of ether oxygens (including phenoxy) is 1. The van der Waals surface area contributed by atoms with Crippen molar-refractivity contribution in [3.05, 3.63) is 30.1 Å². The van der Waals surface area contributed by atoms with Crippen molar-refractivity contribution in [1.82, 2.24) is 19.9 Å². The van der Waals surface area contributed by atoms with Gasteiger partial charge in [0.2, 0.25) is 5.91 Å². The van der Waals surface area contributed by atoms with E-state index in [0.717, 1.165) is 25.1 Å². The quantitative estimate of drug-likeness (QED) is 0.844. The highest BCUT2D eigenvalue weighted by molar-refractivity contribution is 5.95. The van der Waals surface area contributed by atoms with Gasteiger partial charge in [0, 0.05) is 39.5 Å². The summed E-state index contributed by atoms with van der Waals surface area (Å²) in [5, 5.41) is 6.61. The SMILES string of the molecule is CN(CC(=O)NCC1CCCO1)C(=O)c1cc(-c2cccn2C)on1. The van der Waals surface area contributed by atoms with Crippen molar-refractivity contribution in [2.24, 2.45) is 7.05 Å². The number of likely N-dealkylation sites (N-methyl/N-ethyl adjacent to an activating group) is 1. The van der Waals surface area contributed by atoms with Crippen LogP contribution in [0.25, 0.3) is 11.5 Å². The van der Waals surface area contributed by atoms with Gasteiger partial charge >= 0.3 is 0 Å². The number of amides is 2. The third-order valence-electron chi connectivity index (χ3n) is 4.20. The largest absolute Gasteiger partial charge is 0.376 e. The van der Waals surface area contributed by atoms with Gasteiger partial charge in [0.15, 0.2) is 11.5 Å². The summed E-state index contributed by atoms with van der Waals surface area (Å²) in [6.07, 6.45) is 3.93. The van der Waals surface area contributed by atoms with Crippen molar-refractivity contribution >= 4 is 11.8 Å². The van der Waals surface area contributed by atoms with E-state index in [-0.39, 0.29) is 30.2 Å². The van der Waals surface area contributed by atoms with Crippen LogP contribution in [-0.2, 0) is 16.6 Å². The number of carbonyl (C=O) groups excluding carboxylic acids is 2. The number of carbonyl (C=O) groups is 2. The maximum absolute atomic E-state index is 12.4. The minimum atomic E-state index is -0.364. The molecule has 25 heavy (non-hydrogen) atoms. The van der Waals surface area contributed by atoms with Crippen LogP contribution in [0.4, 0.5) is 0 Å². The average molecular weight is 346 g/mol. The topological polar surface area (TPSA) is 89.6 Å².